The van der Waals surface area contributed by atoms with Crippen LogP contribution in [0.4, 0.5) is 26.3 Å². The Labute approximate surface area is 137 Å². The van der Waals surface area contributed by atoms with Gasteiger partial charge in [0.2, 0.25) is 0 Å². The van der Waals surface area contributed by atoms with Gasteiger partial charge in [-0.15, -0.1) is 0 Å². The number of H-pyrrole nitrogens is 1. The van der Waals surface area contributed by atoms with Crippen LogP contribution < -0.4 is 10.6 Å². The van der Waals surface area contributed by atoms with Gasteiger partial charge in [-0.25, -0.2) is 4.98 Å². The maximum absolute atomic E-state index is 13.2. The lowest BCUT2D eigenvalue weighted by molar-refractivity contribution is -0.142. The lowest BCUT2D eigenvalue weighted by atomic mass is 10.1. The number of aromatic nitrogens is 2. The second kappa shape index (κ2) is 6.46. The molecule has 25 heavy (non-hydrogen) atoms. The fraction of sp³-hybridized carbons (Fsp3) is 0.500. The van der Waals surface area contributed by atoms with Crippen LogP contribution in [0.25, 0.3) is 11.0 Å². The molecule has 0 radical (unpaired) electrons. The number of fused-ring (bicyclic) bond motifs is 1. The molecule has 138 valence electrons. The molecule has 1 aromatic heterocycles. The number of nitrogens with one attached hydrogen (secondary N) is 3. The molecular weight excluding hydrogens is 354 g/mol. The maximum Gasteiger partial charge on any atom is 0.418 e. The first-order chi connectivity index (χ1) is 11.7. The highest BCUT2D eigenvalue weighted by Crippen LogP contribution is 2.39. The number of aromatic amines is 1. The Hall–Kier alpha value is -1.85. The summed E-state index contributed by atoms with van der Waals surface area (Å²) < 4.78 is 83.5. The van der Waals surface area contributed by atoms with Gasteiger partial charge < -0.3 is 15.0 Å². The Balaban J connectivity index is 2.08. The van der Waals surface area contributed by atoms with Gasteiger partial charge in [0, 0.05) is 13.1 Å². The first kappa shape index (κ1) is 18.0. The number of benzene rings is 1. The van der Waals surface area contributed by atoms with Crippen LogP contribution in [0.15, 0.2) is 12.1 Å². The van der Waals surface area contributed by atoms with E-state index in [1.54, 1.807) is 0 Å². The topological polar surface area (TPSA) is 62.0 Å². The van der Waals surface area contributed by atoms with Crippen molar-refractivity contribution in [1.29, 1.82) is 0 Å². The minimum atomic E-state index is -4.96. The number of rotatable bonds is 1. The second-order valence-corrected chi connectivity index (χ2v) is 5.56. The van der Waals surface area contributed by atoms with Crippen molar-refractivity contribution in [1.82, 2.24) is 20.6 Å². The van der Waals surface area contributed by atoms with E-state index in [0.29, 0.717) is 19.2 Å². The molecule has 0 bridgehead atoms. The summed E-state index contributed by atoms with van der Waals surface area (Å²) in [6, 6.07) is 0.163. The first-order valence-corrected chi connectivity index (χ1v) is 7.36. The molecule has 0 saturated carbocycles. The second-order valence-electron chi connectivity index (χ2n) is 5.56. The predicted molar refractivity (Wildman–Crippen MR) is 75.7 cm³/mol. The molecule has 3 N–H and O–H groups in total. The van der Waals surface area contributed by atoms with E-state index in [1.165, 1.54) is 0 Å². The lowest BCUT2D eigenvalue weighted by Crippen LogP contribution is -2.38. The molecule has 1 unspecified atom stereocenters. The molecule has 5 nitrogen and oxygen atoms in total. The van der Waals surface area contributed by atoms with Crippen molar-refractivity contribution >= 4 is 11.0 Å². The summed E-state index contributed by atoms with van der Waals surface area (Å²) in [4.78, 5) is 6.46. The number of halogens is 6. The van der Waals surface area contributed by atoms with E-state index in [1.807, 2.05) is 0 Å². The van der Waals surface area contributed by atoms with Crippen molar-refractivity contribution < 1.29 is 31.1 Å². The van der Waals surface area contributed by atoms with Crippen LogP contribution in [0, 0.1) is 0 Å². The summed E-state index contributed by atoms with van der Waals surface area (Å²) in [6.45, 7) is 1.46. The van der Waals surface area contributed by atoms with Crippen LogP contribution in [0.2, 0.25) is 0 Å². The summed E-state index contributed by atoms with van der Waals surface area (Å²) >= 11 is 0. The standard InChI is InChI=1S/C14H14F6N4O/c15-13(16,17)7-3-8(14(18,19)20)11-9(4-7)23-12(24-11)10-5-25-6-21-1-2-22-10/h3-4,10,21-22H,1-2,5-6H2,(H,23,24). The maximum atomic E-state index is 13.2. The van der Waals surface area contributed by atoms with Crippen molar-refractivity contribution in [3.8, 4) is 0 Å². The third kappa shape index (κ3) is 3.88. The van der Waals surface area contributed by atoms with E-state index in [9.17, 15) is 26.3 Å². The molecule has 0 aliphatic carbocycles. The smallest absolute Gasteiger partial charge is 0.364 e. The van der Waals surface area contributed by atoms with Crippen molar-refractivity contribution in [2.45, 2.75) is 18.4 Å². The van der Waals surface area contributed by atoms with E-state index in [2.05, 4.69) is 20.6 Å². The Morgan fingerprint density at radius 2 is 1.80 bits per heavy atom. The highest BCUT2D eigenvalue weighted by atomic mass is 19.4. The zero-order valence-corrected chi connectivity index (χ0v) is 12.7. The number of ether oxygens (including phenoxy) is 1. The van der Waals surface area contributed by atoms with Crippen molar-refractivity contribution in [3.05, 3.63) is 29.1 Å². The molecular formula is C14H14F6N4O. The minimum absolute atomic E-state index is 0.0823. The zero-order valence-electron chi connectivity index (χ0n) is 12.7. The van der Waals surface area contributed by atoms with E-state index in [4.69, 9.17) is 4.74 Å². The van der Waals surface area contributed by atoms with E-state index >= 15 is 0 Å². The molecule has 0 spiro atoms. The van der Waals surface area contributed by atoms with Gasteiger partial charge in [-0.1, -0.05) is 0 Å². The van der Waals surface area contributed by atoms with Crippen LogP contribution in [0.3, 0.4) is 0 Å². The molecule has 1 atom stereocenters. The van der Waals surface area contributed by atoms with Crippen LogP contribution in [0.1, 0.15) is 23.0 Å². The number of hydrogen-bond donors (Lipinski definition) is 3. The summed E-state index contributed by atoms with van der Waals surface area (Å²) in [7, 11) is 0. The van der Waals surface area contributed by atoms with Gasteiger partial charge in [0.1, 0.15) is 11.3 Å². The molecule has 1 aliphatic heterocycles. The third-order valence-corrected chi connectivity index (χ3v) is 3.75. The number of imidazole rings is 1. The normalized spacial score (nSPS) is 20.5. The molecule has 2 aromatic rings. The molecule has 3 rings (SSSR count). The minimum Gasteiger partial charge on any atom is -0.364 e. The van der Waals surface area contributed by atoms with Gasteiger partial charge in [0.15, 0.2) is 0 Å². The fourth-order valence-electron chi connectivity index (χ4n) is 2.57. The number of nitrogens with zero attached hydrogens (tertiary/aromatic N) is 1. The molecule has 2 heterocycles. The zero-order chi connectivity index (χ0) is 18.2. The largest absolute Gasteiger partial charge is 0.418 e. The van der Waals surface area contributed by atoms with Gasteiger partial charge in [-0.2, -0.15) is 26.3 Å². The van der Waals surface area contributed by atoms with Crippen LogP contribution in [-0.4, -0.2) is 36.4 Å². The SMILES string of the molecule is FC(F)(F)c1cc(C(F)(F)F)c2nc(C3COCNCCN3)[nH]c2c1. The average molecular weight is 368 g/mol. The van der Waals surface area contributed by atoms with Gasteiger partial charge in [0.25, 0.3) is 0 Å². The fourth-order valence-corrected chi connectivity index (χ4v) is 2.57. The molecule has 11 heteroatoms. The molecule has 1 aromatic carbocycles. The van der Waals surface area contributed by atoms with Crippen molar-refractivity contribution in [3.63, 3.8) is 0 Å². The summed E-state index contributed by atoms with van der Waals surface area (Å²) in [5.74, 6) is 0.0988. The highest BCUT2D eigenvalue weighted by molar-refractivity contribution is 5.80. The molecule has 1 fully saturated rings. The molecule has 0 amide bonds. The Morgan fingerprint density at radius 3 is 2.48 bits per heavy atom. The van der Waals surface area contributed by atoms with Crippen LogP contribution in [-0.2, 0) is 17.1 Å². The summed E-state index contributed by atoms with van der Waals surface area (Å²) in [5, 5.41) is 5.97. The van der Waals surface area contributed by atoms with E-state index < -0.39 is 35.0 Å². The predicted octanol–water partition coefficient (Wildman–Crippen LogP) is 2.81. The van der Waals surface area contributed by atoms with Gasteiger partial charge in [0.05, 0.1) is 36.0 Å². The third-order valence-electron chi connectivity index (χ3n) is 3.75. The number of alkyl halides is 6. The van der Waals surface area contributed by atoms with E-state index in [-0.39, 0.29) is 30.7 Å². The van der Waals surface area contributed by atoms with Gasteiger partial charge >= 0.3 is 12.4 Å². The summed E-state index contributed by atoms with van der Waals surface area (Å²) in [5.41, 5.74) is -3.67. The van der Waals surface area contributed by atoms with Gasteiger partial charge in [-0.05, 0) is 12.1 Å². The average Bonchev–Trinajstić information content (AvgIpc) is 2.87. The Morgan fingerprint density at radius 1 is 1.04 bits per heavy atom. The summed E-state index contributed by atoms with van der Waals surface area (Å²) in [6.07, 6.45) is -9.85. The van der Waals surface area contributed by atoms with Crippen molar-refractivity contribution in [2.75, 3.05) is 26.4 Å². The quantitative estimate of drug-likeness (QED) is 0.678. The first-order valence-electron chi connectivity index (χ1n) is 7.36. The molecule has 1 saturated heterocycles. The molecule has 1 aliphatic rings. The number of hydrogen-bond acceptors (Lipinski definition) is 4. The monoisotopic (exact) mass is 368 g/mol. The van der Waals surface area contributed by atoms with E-state index in [0.717, 1.165) is 0 Å². The van der Waals surface area contributed by atoms with Crippen LogP contribution >= 0.6 is 0 Å². The van der Waals surface area contributed by atoms with Crippen LogP contribution in [0.5, 0.6) is 0 Å². The Kier molecular flexibility index (Phi) is 4.64. The van der Waals surface area contributed by atoms with Crippen molar-refractivity contribution in [2.24, 2.45) is 0 Å². The lowest BCUT2D eigenvalue weighted by Gasteiger charge is -2.20. The highest BCUT2D eigenvalue weighted by Gasteiger charge is 2.39. The van der Waals surface area contributed by atoms with Gasteiger partial charge in [-0.3, -0.25) is 5.32 Å². The Bertz CT molecular complexity index is 746.